The Morgan fingerprint density at radius 2 is 2.11 bits per heavy atom. The maximum Gasteiger partial charge on any atom is 0.573 e. The third kappa shape index (κ3) is 3.15. The van der Waals surface area contributed by atoms with Crippen LogP contribution in [0.15, 0.2) is 24.5 Å². The summed E-state index contributed by atoms with van der Waals surface area (Å²) in [4.78, 5) is 15.3. The molecule has 0 amide bonds. The topological polar surface area (TPSA) is 52.8 Å². The molecule has 0 saturated carbocycles. The molecule has 0 radical (unpaired) electrons. The zero-order valence-electron chi connectivity index (χ0n) is 9.77. The van der Waals surface area contributed by atoms with E-state index in [-0.39, 0.29) is 12.3 Å². The molecule has 8 heteroatoms. The zero-order chi connectivity index (χ0) is 14.0. The predicted molar refractivity (Wildman–Crippen MR) is 57.8 cm³/mol. The van der Waals surface area contributed by atoms with Gasteiger partial charge in [-0.15, -0.1) is 13.2 Å². The van der Waals surface area contributed by atoms with Crippen LogP contribution >= 0.6 is 0 Å². The fourth-order valence-electron chi connectivity index (χ4n) is 1.47. The number of esters is 1. The lowest BCUT2D eigenvalue weighted by atomic mass is 10.4. The van der Waals surface area contributed by atoms with Crippen molar-refractivity contribution in [1.82, 2.24) is 9.38 Å². The molecular formula is C11H9F3N2O3. The minimum atomic E-state index is -4.77. The van der Waals surface area contributed by atoms with Gasteiger partial charge in [0.05, 0.1) is 12.8 Å². The van der Waals surface area contributed by atoms with E-state index < -0.39 is 18.1 Å². The van der Waals surface area contributed by atoms with E-state index in [2.05, 4.69) is 9.72 Å². The van der Waals surface area contributed by atoms with Crippen LogP contribution in [0.3, 0.4) is 0 Å². The van der Waals surface area contributed by atoms with Crippen molar-refractivity contribution in [2.45, 2.75) is 13.3 Å². The Hall–Kier alpha value is -2.25. The quantitative estimate of drug-likeness (QED) is 0.806. The predicted octanol–water partition coefficient (Wildman–Crippen LogP) is 2.41. The van der Waals surface area contributed by atoms with Crippen LogP contribution in [0.4, 0.5) is 13.2 Å². The van der Waals surface area contributed by atoms with Crippen LogP contribution in [0, 0.1) is 0 Å². The first-order valence-corrected chi connectivity index (χ1v) is 5.30. The smallest absolute Gasteiger partial charge is 0.461 e. The Bertz CT molecular complexity index is 607. The molecule has 0 aliphatic carbocycles. The van der Waals surface area contributed by atoms with Gasteiger partial charge < -0.3 is 13.9 Å². The minimum Gasteiger partial charge on any atom is -0.461 e. The molecule has 0 fully saturated rings. The van der Waals surface area contributed by atoms with Crippen molar-refractivity contribution < 1.29 is 27.4 Å². The molecule has 0 unspecified atom stereocenters. The number of fused-ring (bicyclic) bond motifs is 1. The number of carbonyl (C=O) groups is 1. The number of nitrogens with zero attached hydrogens (tertiary/aromatic N) is 2. The third-order valence-corrected chi connectivity index (χ3v) is 2.14. The van der Waals surface area contributed by atoms with Gasteiger partial charge in [0.2, 0.25) is 0 Å². The second kappa shape index (κ2) is 4.79. The second-order valence-corrected chi connectivity index (χ2v) is 3.52. The maximum atomic E-state index is 12.1. The van der Waals surface area contributed by atoms with Gasteiger partial charge in [0.15, 0.2) is 5.69 Å². The summed E-state index contributed by atoms with van der Waals surface area (Å²) in [5.41, 5.74) is 0.337. The molecule has 19 heavy (non-hydrogen) atoms. The molecule has 0 atom stereocenters. The van der Waals surface area contributed by atoms with Crippen LogP contribution in [0.25, 0.3) is 5.65 Å². The van der Waals surface area contributed by atoms with E-state index in [1.54, 1.807) is 6.92 Å². The largest absolute Gasteiger partial charge is 0.573 e. The Labute approximate surface area is 105 Å². The summed E-state index contributed by atoms with van der Waals surface area (Å²) in [5, 5.41) is 0. The zero-order valence-corrected chi connectivity index (χ0v) is 9.77. The number of carbonyl (C=O) groups excluding carboxylic acids is 1. The number of alkyl halides is 3. The average molecular weight is 274 g/mol. The van der Waals surface area contributed by atoms with Crippen molar-refractivity contribution in [3.63, 3.8) is 0 Å². The number of imidazole rings is 1. The Morgan fingerprint density at radius 3 is 2.74 bits per heavy atom. The van der Waals surface area contributed by atoms with E-state index in [1.807, 2.05) is 0 Å². The number of aromatic nitrogens is 2. The molecule has 5 nitrogen and oxygen atoms in total. The standard InChI is InChI=1S/C11H9F3N2O3/c1-2-18-10(17)8-6-16-5-7(19-11(12,13)14)3-4-9(16)15-8/h3-6H,2H2,1H3. The van der Waals surface area contributed by atoms with Crippen LogP contribution in [-0.4, -0.2) is 28.3 Å². The Kier molecular flexibility index (Phi) is 3.32. The number of hydrogen-bond donors (Lipinski definition) is 0. The van der Waals surface area contributed by atoms with E-state index in [0.717, 1.165) is 12.3 Å². The van der Waals surface area contributed by atoms with Gasteiger partial charge in [0.1, 0.15) is 11.4 Å². The van der Waals surface area contributed by atoms with Crippen molar-refractivity contribution >= 4 is 11.6 Å². The lowest BCUT2D eigenvalue weighted by Crippen LogP contribution is -2.17. The van der Waals surface area contributed by atoms with Gasteiger partial charge in [0, 0.05) is 6.20 Å². The van der Waals surface area contributed by atoms with E-state index in [4.69, 9.17) is 4.74 Å². The highest BCUT2D eigenvalue weighted by Gasteiger charge is 2.31. The van der Waals surface area contributed by atoms with Crippen molar-refractivity contribution in [2.75, 3.05) is 6.61 Å². The summed E-state index contributed by atoms with van der Waals surface area (Å²) in [5.74, 6) is -1.03. The summed E-state index contributed by atoms with van der Waals surface area (Å²) >= 11 is 0. The van der Waals surface area contributed by atoms with E-state index in [1.165, 1.54) is 16.7 Å². The molecule has 2 aromatic heterocycles. The third-order valence-electron chi connectivity index (χ3n) is 2.14. The number of ether oxygens (including phenoxy) is 2. The number of rotatable bonds is 3. The molecule has 0 bridgehead atoms. The molecule has 0 aliphatic rings. The van der Waals surface area contributed by atoms with Gasteiger partial charge in [-0.25, -0.2) is 9.78 Å². The van der Waals surface area contributed by atoms with Gasteiger partial charge in [0.25, 0.3) is 0 Å². The number of halogens is 3. The second-order valence-electron chi connectivity index (χ2n) is 3.52. The van der Waals surface area contributed by atoms with E-state index >= 15 is 0 Å². The molecule has 2 rings (SSSR count). The van der Waals surface area contributed by atoms with Gasteiger partial charge in [-0.1, -0.05) is 0 Å². The van der Waals surface area contributed by atoms with E-state index in [9.17, 15) is 18.0 Å². The number of pyridine rings is 1. The summed E-state index contributed by atoms with van der Waals surface area (Å²) in [6.45, 7) is 1.83. The highest BCUT2D eigenvalue weighted by molar-refractivity contribution is 5.87. The molecular weight excluding hydrogens is 265 g/mol. The van der Waals surface area contributed by atoms with Crippen molar-refractivity contribution in [1.29, 1.82) is 0 Å². The van der Waals surface area contributed by atoms with Crippen LogP contribution in [-0.2, 0) is 4.74 Å². The van der Waals surface area contributed by atoms with Gasteiger partial charge >= 0.3 is 12.3 Å². The monoisotopic (exact) mass is 274 g/mol. The molecule has 102 valence electrons. The van der Waals surface area contributed by atoms with E-state index in [0.29, 0.717) is 5.65 Å². The summed E-state index contributed by atoms with van der Waals surface area (Å²) in [6.07, 6.45) is -2.41. The van der Waals surface area contributed by atoms with Crippen molar-refractivity contribution in [3.05, 3.63) is 30.2 Å². The fraction of sp³-hybridized carbons (Fsp3) is 0.273. The highest BCUT2D eigenvalue weighted by Crippen LogP contribution is 2.23. The molecule has 2 aromatic rings. The Balaban J connectivity index is 2.31. The molecule has 0 spiro atoms. The lowest BCUT2D eigenvalue weighted by Gasteiger charge is -2.08. The first kappa shape index (κ1) is 13.2. The Morgan fingerprint density at radius 1 is 1.37 bits per heavy atom. The normalized spacial score (nSPS) is 11.6. The summed E-state index contributed by atoms with van der Waals surface area (Å²) < 4.78 is 45.9. The molecule has 0 aliphatic heterocycles. The first-order valence-electron chi connectivity index (χ1n) is 5.30. The van der Waals surface area contributed by atoms with Crippen LogP contribution in [0.5, 0.6) is 5.75 Å². The lowest BCUT2D eigenvalue weighted by molar-refractivity contribution is -0.274. The van der Waals surface area contributed by atoms with Gasteiger partial charge in [-0.05, 0) is 19.1 Å². The van der Waals surface area contributed by atoms with Crippen LogP contribution in [0.1, 0.15) is 17.4 Å². The summed E-state index contributed by atoms with van der Waals surface area (Å²) in [6, 6.07) is 2.43. The highest BCUT2D eigenvalue weighted by atomic mass is 19.4. The summed E-state index contributed by atoms with van der Waals surface area (Å²) in [7, 11) is 0. The maximum absolute atomic E-state index is 12.1. The fourth-order valence-corrected chi connectivity index (χ4v) is 1.47. The SMILES string of the molecule is CCOC(=O)c1cn2cc(OC(F)(F)F)ccc2n1. The average Bonchev–Trinajstić information content (AvgIpc) is 2.70. The molecule has 0 N–H and O–H groups in total. The van der Waals surface area contributed by atoms with Gasteiger partial charge in [-0.3, -0.25) is 0 Å². The van der Waals surface area contributed by atoms with Gasteiger partial charge in [-0.2, -0.15) is 0 Å². The van der Waals surface area contributed by atoms with Crippen molar-refractivity contribution in [3.8, 4) is 5.75 Å². The van der Waals surface area contributed by atoms with Crippen LogP contribution < -0.4 is 4.74 Å². The van der Waals surface area contributed by atoms with Crippen LogP contribution in [0.2, 0.25) is 0 Å². The molecule has 0 aromatic carbocycles. The molecule has 0 saturated heterocycles. The minimum absolute atomic E-state index is 0.0195. The molecule has 2 heterocycles. The first-order chi connectivity index (χ1) is 8.89. The number of hydrogen-bond acceptors (Lipinski definition) is 4. The van der Waals surface area contributed by atoms with Crippen molar-refractivity contribution in [2.24, 2.45) is 0 Å².